The molecule has 0 aliphatic heterocycles. The zero-order valence-corrected chi connectivity index (χ0v) is 14.3. The van der Waals surface area contributed by atoms with Crippen LogP contribution in [0.3, 0.4) is 0 Å². The van der Waals surface area contributed by atoms with Crippen molar-refractivity contribution in [1.82, 2.24) is 10.2 Å². The third kappa shape index (κ3) is 3.82. The number of aromatic nitrogens is 2. The smallest absolute Gasteiger partial charge is 0.247 e. The molecule has 0 amide bonds. The molecule has 1 heterocycles. The Morgan fingerprint density at radius 3 is 2.28 bits per heavy atom. The summed E-state index contributed by atoms with van der Waals surface area (Å²) in [4.78, 5) is 0. The Hall–Kier alpha value is -3.22. The van der Waals surface area contributed by atoms with Crippen LogP contribution in [0.1, 0.15) is 5.89 Å². The largest absolute Gasteiger partial charge is 0.497 e. The van der Waals surface area contributed by atoms with Gasteiger partial charge >= 0.3 is 0 Å². The molecular weight excluding hydrogens is 322 g/mol. The van der Waals surface area contributed by atoms with Crippen LogP contribution in [-0.4, -0.2) is 31.5 Å². The van der Waals surface area contributed by atoms with Crippen LogP contribution in [0.5, 0.6) is 17.2 Å². The molecule has 0 radical (unpaired) electrons. The van der Waals surface area contributed by atoms with Crippen molar-refractivity contribution >= 4 is 5.69 Å². The maximum atomic E-state index is 5.69. The maximum Gasteiger partial charge on any atom is 0.247 e. The molecule has 3 aromatic rings. The topological polar surface area (TPSA) is 78.6 Å². The number of nitrogens with one attached hydrogen (secondary N) is 1. The number of ether oxygens (including phenoxy) is 3. The molecule has 0 aliphatic rings. The predicted octanol–water partition coefficient (Wildman–Crippen LogP) is 3.37. The third-order valence-electron chi connectivity index (χ3n) is 3.64. The van der Waals surface area contributed by atoms with Crippen molar-refractivity contribution in [2.45, 2.75) is 6.54 Å². The van der Waals surface area contributed by atoms with E-state index in [1.165, 1.54) is 0 Å². The van der Waals surface area contributed by atoms with Crippen LogP contribution in [0, 0.1) is 0 Å². The van der Waals surface area contributed by atoms with Crippen LogP contribution in [0.4, 0.5) is 5.69 Å². The van der Waals surface area contributed by atoms with Gasteiger partial charge in [0.15, 0.2) is 0 Å². The van der Waals surface area contributed by atoms with Gasteiger partial charge in [-0.15, -0.1) is 10.2 Å². The van der Waals surface area contributed by atoms with Crippen LogP contribution in [0.15, 0.2) is 46.9 Å². The van der Waals surface area contributed by atoms with Gasteiger partial charge in [0.2, 0.25) is 11.8 Å². The van der Waals surface area contributed by atoms with Gasteiger partial charge in [-0.3, -0.25) is 0 Å². The lowest BCUT2D eigenvalue weighted by atomic mass is 10.2. The summed E-state index contributed by atoms with van der Waals surface area (Å²) in [7, 11) is 4.84. The van der Waals surface area contributed by atoms with E-state index >= 15 is 0 Å². The molecule has 7 nitrogen and oxygen atoms in total. The van der Waals surface area contributed by atoms with E-state index in [1.807, 2.05) is 36.4 Å². The van der Waals surface area contributed by atoms with Gasteiger partial charge in [-0.2, -0.15) is 0 Å². The minimum Gasteiger partial charge on any atom is -0.497 e. The summed E-state index contributed by atoms with van der Waals surface area (Å²) in [6.45, 7) is 0.381. The Labute approximate surface area is 145 Å². The second kappa shape index (κ2) is 7.57. The molecule has 0 bridgehead atoms. The van der Waals surface area contributed by atoms with Crippen molar-refractivity contribution in [2.24, 2.45) is 0 Å². The Balaban J connectivity index is 1.69. The van der Waals surface area contributed by atoms with E-state index in [0.717, 1.165) is 22.7 Å². The minimum absolute atomic E-state index is 0.381. The summed E-state index contributed by atoms with van der Waals surface area (Å²) >= 11 is 0. The molecule has 1 N–H and O–H groups in total. The lowest BCUT2D eigenvalue weighted by molar-refractivity contribution is 0.395. The summed E-state index contributed by atoms with van der Waals surface area (Å²) in [6, 6.07) is 13.0. The number of methoxy groups -OCH3 is 3. The van der Waals surface area contributed by atoms with Gasteiger partial charge < -0.3 is 23.9 Å². The van der Waals surface area contributed by atoms with E-state index < -0.39 is 0 Å². The number of nitrogens with zero attached hydrogens (tertiary/aromatic N) is 2. The average molecular weight is 341 g/mol. The number of anilines is 1. The van der Waals surface area contributed by atoms with E-state index in [9.17, 15) is 0 Å². The zero-order chi connectivity index (χ0) is 17.6. The van der Waals surface area contributed by atoms with Gasteiger partial charge in [-0.25, -0.2) is 0 Å². The fourth-order valence-electron chi connectivity index (χ4n) is 2.29. The fourth-order valence-corrected chi connectivity index (χ4v) is 2.29. The fraction of sp³-hybridized carbons (Fsp3) is 0.222. The van der Waals surface area contributed by atoms with E-state index in [-0.39, 0.29) is 0 Å². The van der Waals surface area contributed by atoms with Gasteiger partial charge in [0, 0.05) is 11.6 Å². The lowest BCUT2D eigenvalue weighted by Gasteiger charge is -2.11. The number of hydrogen-bond acceptors (Lipinski definition) is 7. The molecule has 0 fully saturated rings. The van der Waals surface area contributed by atoms with Crippen molar-refractivity contribution in [2.75, 3.05) is 26.6 Å². The van der Waals surface area contributed by atoms with Crippen molar-refractivity contribution in [1.29, 1.82) is 0 Å². The van der Waals surface area contributed by atoms with Crippen molar-refractivity contribution < 1.29 is 18.6 Å². The Bertz CT molecular complexity index is 831. The van der Waals surface area contributed by atoms with Gasteiger partial charge in [0.05, 0.1) is 33.6 Å². The third-order valence-corrected chi connectivity index (χ3v) is 3.64. The molecule has 0 atom stereocenters. The highest BCUT2D eigenvalue weighted by Crippen LogP contribution is 2.29. The molecule has 0 unspecified atom stereocenters. The Morgan fingerprint density at radius 1 is 0.880 bits per heavy atom. The summed E-state index contributed by atoms with van der Waals surface area (Å²) in [5.41, 5.74) is 1.65. The van der Waals surface area contributed by atoms with Crippen LogP contribution in [0.25, 0.3) is 11.5 Å². The minimum atomic E-state index is 0.381. The first-order valence-electron chi connectivity index (χ1n) is 7.66. The molecular formula is C18H19N3O4. The first-order chi connectivity index (χ1) is 12.2. The van der Waals surface area contributed by atoms with Gasteiger partial charge in [0.25, 0.3) is 0 Å². The maximum absolute atomic E-state index is 5.69. The second-order valence-corrected chi connectivity index (χ2v) is 5.15. The summed E-state index contributed by atoms with van der Waals surface area (Å²) in [6.07, 6.45) is 0. The highest BCUT2D eigenvalue weighted by Gasteiger charge is 2.10. The standard InChI is InChI=1S/C18H19N3O4/c1-22-13-6-4-12(5-7-13)18-21-20-17(25-18)11-19-15-9-8-14(23-2)10-16(15)24-3/h4-10,19H,11H2,1-3H3. The van der Waals surface area contributed by atoms with E-state index in [4.69, 9.17) is 18.6 Å². The lowest BCUT2D eigenvalue weighted by Crippen LogP contribution is -2.02. The molecule has 0 saturated carbocycles. The monoisotopic (exact) mass is 341 g/mol. The summed E-state index contributed by atoms with van der Waals surface area (Å²) in [5.74, 6) is 3.11. The van der Waals surface area contributed by atoms with Gasteiger partial charge in [0.1, 0.15) is 17.2 Å². The summed E-state index contributed by atoms with van der Waals surface area (Å²) in [5, 5.41) is 11.4. The normalized spacial score (nSPS) is 10.4. The molecule has 0 spiro atoms. The average Bonchev–Trinajstić information content (AvgIpc) is 3.15. The van der Waals surface area contributed by atoms with Gasteiger partial charge in [-0.05, 0) is 36.4 Å². The van der Waals surface area contributed by atoms with E-state index in [2.05, 4.69) is 15.5 Å². The predicted molar refractivity (Wildman–Crippen MR) is 93.2 cm³/mol. The van der Waals surface area contributed by atoms with Gasteiger partial charge in [-0.1, -0.05) is 0 Å². The number of rotatable bonds is 7. The Morgan fingerprint density at radius 2 is 1.60 bits per heavy atom. The first-order valence-corrected chi connectivity index (χ1v) is 7.66. The highest BCUT2D eigenvalue weighted by atomic mass is 16.5. The second-order valence-electron chi connectivity index (χ2n) is 5.15. The number of hydrogen-bond donors (Lipinski definition) is 1. The molecule has 130 valence electrons. The van der Waals surface area contributed by atoms with Crippen LogP contribution in [0.2, 0.25) is 0 Å². The van der Waals surface area contributed by atoms with Crippen molar-refractivity contribution in [3.05, 3.63) is 48.4 Å². The molecule has 2 aromatic carbocycles. The Kier molecular flexibility index (Phi) is 5.03. The quantitative estimate of drug-likeness (QED) is 0.706. The molecule has 0 saturated heterocycles. The number of benzene rings is 2. The van der Waals surface area contributed by atoms with E-state index in [0.29, 0.717) is 24.1 Å². The van der Waals surface area contributed by atoms with Crippen LogP contribution < -0.4 is 19.5 Å². The van der Waals surface area contributed by atoms with E-state index in [1.54, 1.807) is 27.4 Å². The molecule has 7 heteroatoms. The van der Waals surface area contributed by atoms with Crippen LogP contribution >= 0.6 is 0 Å². The first kappa shape index (κ1) is 16.6. The molecule has 1 aromatic heterocycles. The molecule has 25 heavy (non-hydrogen) atoms. The molecule has 3 rings (SSSR count). The van der Waals surface area contributed by atoms with Crippen molar-refractivity contribution in [3.63, 3.8) is 0 Å². The van der Waals surface area contributed by atoms with Crippen molar-refractivity contribution in [3.8, 4) is 28.7 Å². The summed E-state index contributed by atoms with van der Waals surface area (Å²) < 4.78 is 21.4. The SMILES string of the molecule is COc1ccc(-c2nnc(CNc3ccc(OC)cc3OC)o2)cc1. The van der Waals surface area contributed by atoms with Crippen LogP contribution in [-0.2, 0) is 6.54 Å². The molecule has 0 aliphatic carbocycles. The highest BCUT2D eigenvalue weighted by molar-refractivity contribution is 5.59. The zero-order valence-electron chi connectivity index (χ0n) is 14.3.